The van der Waals surface area contributed by atoms with E-state index in [9.17, 15) is 10.1 Å². The van der Waals surface area contributed by atoms with Crippen LogP contribution in [0.1, 0.15) is 38.3 Å². The first-order valence-corrected chi connectivity index (χ1v) is 6.60. The van der Waals surface area contributed by atoms with E-state index in [2.05, 4.69) is 10.00 Å². The molecule has 2 rings (SSSR count). The third kappa shape index (κ3) is 2.32. The van der Waals surface area contributed by atoms with E-state index in [-0.39, 0.29) is 10.6 Å². The van der Waals surface area contributed by atoms with Crippen molar-refractivity contribution in [1.82, 2.24) is 9.78 Å². The molecule has 0 amide bonds. The minimum atomic E-state index is -0.286. The number of nitro groups is 1. The maximum Gasteiger partial charge on any atom is 0.334 e. The molecule has 1 fully saturated rings. The van der Waals surface area contributed by atoms with E-state index in [0.29, 0.717) is 17.9 Å². The van der Waals surface area contributed by atoms with Gasteiger partial charge in [0.2, 0.25) is 5.82 Å². The molecule has 1 aromatic heterocycles. The Hall–Kier alpha value is -1.59. The van der Waals surface area contributed by atoms with Gasteiger partial charge in [-0.25, -0.2) is 4.68 Å². The van der Waals surface area contributed by atoms with E-state index < -0.39 is 0 Å². The summed E-state index contributed by atoms with van der Waals surface area (Å²) in [6, 6.07) is 0. The van der Waals surface area contributed by atoms with Gasteiger partial charge in [0, 0.05) is 20.1 Å². The van der Waals surface area contributed by atoms with Crippen molar-refractivity contribution in [3.05, 3.63) is 15.8 Å². The number of aryl methyl sites for hydroxylation is 2. The molecule has 1 saturated heterocycles. The molecule has 0 aliphatic carbocycles. The third-order valence-corrected chi connectivity index (χ3v) is 3.49. The van der Waals surface area contributed by atoms with Crippen molar-refractivity contribution in [3.8, 4) is 0 Å². The van der Waals surface area contributed by atoms with Crippen molar-refractivity contribution >= 4 is 11.5 Å². The Bertz CT molecular complexity index is 434. The van der Waals surface area contributed by atoms with E-state index in [1.807, 2.05) is 6.92 Å². The van der Waals surface area contributed by atoms with Gasteiger partial charge in [-0.3, -0.25) is 10.1 Å². The lowest BCUT2D eigenvalue weighted by Crippen LogP contribution is -2.26. The Morgan fingerprint density at radius 1 is 1.28 bits per heavy atom. The van der Waals surface area contributed by atoms with E-state index in [4.69, 9.17) is 0 Å². The maximum absolute atomic E-state index is 11.3. The molecule has 0 saturated carbocycles. The molecule has 2 heterocycles. The predicted molar refractivity (Wildman–Crippen MR) is 69.9 cm³/mol. The molecule has 1 aliphatic rings. The Morgan fingerprint density at radius 3 is 2.39 bits per heavy atom. The highest BCUT2D eigenvalue weighted by molar-refractivity contribution is 5.61. The number of hydrogen-bond acceptors (Lipinski definition) is 4. The second-order valence-electron chi connectivity index (χ2n) is 4.75. The van der Waals surface area contributed by atoms with Crippen LogP contribution in [-0.2, 0) is 13.5 Å². The summed E-state index contributed by atoms with van der Waals surface area (Å²) in [5.74, 6) is 0.679. The summed E-state index contributed by atoms with van der Waals surface area (Å²) < 4.78 is 1.67. The van der Waals surface area contributed by atoms with Crippen molar-refractivity contribution in [2.45, 2.75) is 39.0 Å². The van der Waals surface area contributed by atoms with Gasteiger partial charge in [0.1, 0.15) is 5.69 Å². The summed E-state index contributed by atoms with van der Waals surface area (Å²) >= 11 is 0. The van der Waals surface area contributed by atoms with Crippen molar-refractivity contribution in [2.24, 2.45) is 7.05 Å². The fraction of sp³-hybridized carbons (Fsp3) is 0.750. The summed E-state index contributed by atoms with van der Waals surface area (Å²) in [5, 5.41) is 15.6. The van der Waals surface area contributed by atoms with Gasteiger partial charge in [0.25, 0.3) is 0 Å². The van der Waals surface area contributed by atoms with Gasteiger partial charge in [0.15, 0.2) is 0 Å². The highest BCUT2D eigenvalue weighted by Crippen LogP contribution is 2.32. The number of anilines is 1. The van der Waals surface area contributed by atoms with Crippen molar-refractivity contribution in [3.63, 3.8) is 0 Å². The molecule has 0 atom stereocenters. The SMILES string of the molecule is CCc1nn(C)c(N2CCCCCC2)c1[N+](=O)[O-]. The van der Waals surface area contributed by atoms with Crippen LogP contribution in [0, 0.1) is 10.1 Å². The van der Waals surface area contributed by atoms with Crippen LogP contribution in [0.5, 0.6) is 0 Å². The fourth-order valence-electron chi connectivity index (χ4n) is 2.62. The molecule has 0 N–H and O–H groups in total. The van der Waals surface area contributed by atoms with Crippen LogP contribution in [0.15, 0.2) is 0 Å². The summed E-state index contributed by atoms with van der Waals surface area (Å²) in [6.45, 7) is 3.69. The molecule has 6 heteroatoms. The summed E-state index contributed by atoms with van der Waals surface area (Å²) in [6.07, 6.45) is 5.22. The Balaban J connectivity index is 2.41. The number of hydrogen-bond donors (Lipinski definition) is 0. The van der Waals surface area contributed by atoms with Crippen LogP contribution in [-0.4, -0.2) is 27.8 Å². The molecular formula is C12H20N4O2. The summed E-state index contributed by atoms with van der Waals surface area (Å²) in [4.78, 5) is 13.1. The molecular weight excluding hydrogens is 232 g/mol. The van der Waals surface area contributed by atoms with Crippen molar-refractivity contribution in [1.29, 1.82) is 0 Å². The van der Waals surface area contributed by atoms with Crippen LogP contribution >= 0.6 is 0 Å². The smallest absolute Gasteiger partial charge is 0.334 e. The quantitative estimate of drug-likeness (QED) is 0.611. The average Bonchev–Trinajstić information content (AvgIpc) is 2.53. The minimum absolute atomic E-state index is 0.196. The molecule has 18 heavy (non-hydrogen) atoms. The van der Waals surface area contributed by atoms with E-state index in [1.54, 1.807) is 11.7 Å². The van der Waals surface area contributed by atoms with E-state index in [1.165, 1.54) is 12.8 Å². The van der Waals surface area contributed by atoms with Crippen molar-refractivity contribution < 1.29 is 4.92 Å². The van der Waals surface area contributed by atoms with Crippen LogP contribution in [0.25, 0.3) is 0 Å². The van der Waals surface area contributed by atoms with Gasteiger partial charge >= 0.3 is 5.69 Å². The Morgan fingerprint density at radius 2 is 1.89 bits per heavy atom. The molecule has 1 aliphatic heterocycles. The second kappa shape index (κ2) is 5.37. The van der Waals surface area contributed by atoms with Gasteiger partial charge in [-0.15, -0.1) is 0 Å². The molecule has 0 aromatic carbocycles. The van der Waals surface area contributed by atoms with Crippen LogP contribution in [0.3, 0.4) is 0 Å². The van der Waals surface area contributed by atoms with E-state index in [0.717, 1.165) is 25.9 Å². The van der Waals surface area contributed by atoms with Gasteiger partial charge in [-0.1, -0.05) is 19.8 Å². The topological polar surface area (TPSA) is 64.2 Å². The van der Waals surface area contributed by atoms with Crippen LogP contribution in [0.2, 0.25) is 0 Å². The largest absolute Gasteiger partial charge is 0.351 e. The molecule has 6 nitrogen and oxygen atoms in total. The van der Waals surface area contributed by atoms with Crippen LogP contribution in [0.4, 0.5) is 11.5 Å². The van der Waals surface area contributed by atoms with Gasteiger partial charge in [0.05, 0.1) is 4.92 Å². The molecule has 100 valence electrons. The summed E-state index contributed by atoms with van der Waals surface area (Å²) in [7, 11) is 1.80. The fourth-order valence-corrected chi connectivity index (χ4v) is 2.62. The lowest BCUT2D eigenvalue weighted by atomic mass is 10.2. The Kier molecular flexibility index (Phi) is 3.84. The highest BCUT2D eigenvalue weighted by atomic mass is 16.6. The zero-order chi connectivity index (χ0) is 13.1. The number of rotatable bonds is 3. The van der Waals surface area contributed by atoms with E-state index >= 15 is 0 Å². The van der Waals surface area contributed by atoms with Gasteiger partial charge in [-0.05, 0) is 19.3 Å². The first kappa shape index (κ1) is 12.9. The molecule has 0 radical (unpaired) electrons. The molecule has 1 aromatic rings. The van der Waals surface area contributed by atoms with Gasteiger partial charge < -0.3 is 4.90 Å². The lowest BCUT2D eigenvalue weighted by molar-refractivity contribution is -0.384. The number of nitrogens with zero attached hydrogens (tertiary/aromatic N) is 4. The monoisotopic (exact) mass is 252 g/mol. The van der Waals surface area contributed by atoms with Gasteiger partial charge in [-0.2, -0.15) is 5.10 Å². The van der Waals surface area contributed by atoms with Crippen molar-refractivity contribution in [2.75, 3.05) is 18.0 Å². The molecule has 0 bridgehead atoms. The maximum atomic E-state index is 11.3. The minimum Gasteiger partial charge on any atom is -0.351 e. The standard InChI is InChI=1S/C12H20N4O2/c1-3-10-11(16(17)18)12(14(2)13-10)15-8-6-4-5-7-9-15/h3-9H2,1-2H3. The zero-order valence-corrected chi connectivity index (χ0v) is 11.1. The summed E-state index contributed by atoms with van der Waals surface area (Å²) in [5.41, 5.74) is 0.781. The number of aromatic nitrogens is 2. The van der Waals surface area contributed by atoms with Crippen LogP contribution < -0.4 is 4.90 Å². The normalized spacial score (nSPS) is 16.7. The molecule has 0 spiro atoms. The average molecular weight is 252 g/mol. The zero-order valence-electron chi connectivity index (χ0n) is 11.1. The highest BCUT2D eigenvalue weighted by Gasteiger charge is 2.29. The first-order valence-electron chi connectivity index (χ1n) is 6.60. The third-order valence-electron chi connectivity index (χ3n) is 3.49. The lowest BCUT2D eigenvalue weighted by Gasteiger charge is -2.21. The Labute approximate surface area is 107 Å². The molecule has 0 unspecified atom stereocenters. The predicted octanol–water partition coefficient (Wildman–Crippen LogP) is 2.27. The first-order chi connectivity index (χ1) is 8.65. The second-order valence-corrected chi connectivity index (χ2v) is 4.75.